The number of aromatic nitrogens is 2. The summed E-state index contributed by atoms with van der Waals surface area (Å²) >= 11 is 12.0. The molecule has 2 atom stereocenters. The Morgan fingerprint density at radius 2 is 1.90 bits per heavy atom. The van der Waals surface area contributed by atoms with Crippen LogP contribution in [0.2, 0.25) is 10.2 Å². The number of benzene rings is 1. The van der Waals surface area contributed by atoms with Gasteiger partial charge in [-0.15, -0.1) is 0 Å². The summed E-state index contributed by atoms with van der Waals surface area (Å²) in [6.07, 6.45) is -0.0475. The SMILES string of the molecule is O=C(N[C@@H]1CCC[C@H](Nc2cc(C(F)(F)F)nc3ccc(Cl)cc23)C1)c1cc[nH]c1Cl. The number of alkyl halides is 3. The third kappa shape index (κ3) is 4.91. The van der Waals surface area contributed by atoms with E-state index < -0.39 is 11.9 Å². The molecule has 0 bridgehead atoms. The van der Waals surface area contributed by atoms with Crippen molar-refractivity contribution in [3.63, 3.8) is 0 Å². The number of amides is 1. The molecule has 2 aromatic heterocycles. The number of carbonyl (C=O) groups is 1. The normalized spacial score (nSPS) is 19.4. The number of anilines is 1. The van der Waals surface area contributed by atoms with Crippen molar-refractivity contribution in [3.8, 4) is 0 Å². The molecule has 3 aromatic rings. The largest absolute Gasteiger partial charge is 0.433 e. The van der Waals surface area contributed by atoms with Crippen LogP contribution in [0.4, 0.5) is 18.9 Å². The summed E-state index contributed by atoms with van der Waals surface area (Å²) < 4.78 is 40.0. The zero-order valence-corrected chi connectivity index (χ0v) is 17.7. The fourth-order valence-corrected chi connectivity index (χ4v) is 4.31. The average molecular weight is 471 g/mol. The van der Waals surface area contributed by atoms with E-state index in [1.807, 2.05) is 0 Å². The Balaban J connectivity index is 1.55. The summed E-state index contributed by atoms with van der Waals surface area (Å²) in [5, 5.41) is 7.39. The summed E-state index contributed by atoms with van der Waals surface area (Å²) in [4.78, 5) is 18.9. The van der Waals surface area contributed by atoms with Gasteiger partial charge in [-0.3, -0.25) is 4.79 Å². The number of rotatable bonds is 4. The summed E-state index contributed by atoms with van der Waals surface area (Å²) in [6.45, 7) is 0. The molecule has 1 amide bonds. The minimum absolute atomic E-state index is 0.119. The van der Waals surface area contributed by atoms with Gasteiger partial charge in [0.25, 0.3) is 5.91 Å². The van der Waals surface area contributed by atoms with E-state index in [0.29, 0.717) is 28.1 Å². The number of nitrogens with zero attached hydrogens (tertiary/aromatic N) is 1. The molecule has 5 nitrogen and oxygen atoms in total. The first-order chi connectivity index (χ1) is 14.7. The molecule has 3 N–H and O–H groups in total. The highest BCUT2D eigenvalue weighted by Gasteiger charge is 2.34. The van der Waals surface area contributed by atoms with Gasteiger partial charge in [-0.05, 0) is 56.0 Å². The van der Waals surface area contributed by atoms with Crippen molar-refractivity contribution in [1.29, 1.82) is 0 Å². The van der Waals surface area contributed by atoms with E-state index >= 15 is 0 Å². The highest BCUT2D eigenvalue weighted by Crippen LogP contribution is 2.35. The molecule has 0 unspecified atom stereocenters. The first kappa shape index (κ1) is 21.8. The van der Waals surface area contributed by atoms with Crippen LogP contribution in [0.15, 0.2) is 36.5 Å². The van der Waals surface area contributed by atoms with Crippen LogP contribution in [0, 0.1) is 0 Å². The van der Waals surface area contributed by atoms with Crippen molar-refractivity contribution < 1.29 is 18.0 Å². The van der Waals surface area contributed by atoms with Gasteiger partial charge in [0.05, 0.1) is 11.1 Å². The van der Waals surface area contributed by atoms with Gasteiger partial charge in [-0.25, -0.2) is 4.98 Å². The number of carbonyl (C=O) groups excluding carboxylic acids is 1. The number of hydrogen-bond acceptors (Lipinski definition) is 3. The Morgan fingerprint density at radius 3 is 2.61 bits per heavy atom. The quantitative estimate of drug-likeness (QED) is 0.435. The molecule has 31 heavy (non-hydrogen) atoms. The van der Waals surface area contributed by atoms with E-state index in [4.69, 9.17) is 23.2 Å². The fraction of sp³-hybridized carbons (Fsp3) is 0.333. The third-order valence-corrected chi connectivity index (χ3v) is 5.92. The van der Waals surface area contributed by atoms with Crippen LogP contribution in [0.25, 0.3) is 10.9 Å². The molecule has 2 heterocycles. The molecule has 1 aromatic carbocycles. The van der Waals surface area contributed by atoms with Crippen molar-refractivity contribution in [1.82, 2.24) is 15.3 Å². The molecule has 1 aliphatic rings. The van der Waals surface area contributed by atoms with Crippen LogP contribution >= 0.6 is 23.2 Å². The highest BCUT2D eigenvalue weighted by molar-refractivity contribution is 6.32. The maximum Gasteiger partial charge on any atom is 0.433 e. The van der Waals surface area contributed by atoms with Crippen molar-refractivity contribution in [2.45, 2.75) is 43.9 Å². The summed E-state index contributed by atoms with van der Waals surface area (Å²) in [5.74, 6) is -0.280. The second kappa shape index (κ2) is 8.59. The van der Waals surface area contributed by atoms with Crippen molar-refractivity contribution in [2.75, 3.05) is 5.32 Å². The molecule has 4 rings (SSSR count). The van der Waals surface area contributed by atoms with Gasteiger partial charge in [-0.2, -0.15) is 13.2 Å². The molecule has 1 saturated carbocycles. The molecule has 0 aliphatic heterocycles. The monoisotopic (exact) mass is 470 g/mol. The first-order valence-corrected chi connectivity index (χ1v) is 10.5. The Hall–Kier alpha value is -2.45. The Labute approximate surface area is 186 Å². The summed E-state index contributed by atoms with van der Waals surface area (Å²) in [5.41, 5.74) is -0.0658. The van der Waals surface area contributed by atoms with Gasteiger partial charge in [0.1, 0.15) is 10.8 Å². The minimum Gasteiger partial charge on any atom is -0.382 e. The molecular formula is C21H19Cl2F3N4O. The minimum atomic E-state index is -4.57. The molecule has 164 valence electrons. The van der Waals surface area contributed by atoms with Crippen LogP contribution < -0.4 is 10.6 Å². The van der Waals surface area contributed by atoms with Gasteiger partial charge >= 0.3 is 6.18 Å². The predicted molar refractivity (Wildman–Crippen MR) is 115 cm³/mol. The van der Waals surface area contributed by atoms with E-state index in [1.54, 1.807) is 18.3 Å². The lowest BCUT2D eigenvalue weighted by Gasteiger charge is -2.31. The number of H-pyrrole nitrogens is 1. The number of nitrogens with one attached hydrogen (secondary N) is 3. The Morgan fingerprint density at radius 1 is 1.13 bits per heavy atom. The average Bonchev–Trinajstić information content (AvgIpc) is 3.14. The van der Waals surface area contributed by atoms with Gasteiger partial charge in [-0.1, -0.05) is 23.2 Å². The zero-order chi connectivity index (χ0) is 22.2. The van der Waals surface area contributed by atoms with Crippen molar-refractivity contribution in [3.05, 3.63) is 58.0 Å². The topological polar surface area (TPSA) is 69.8 Å². The molecule has 1 fully saturated rings. The van der Waals surface area contributed by atoms with Crippen LogP contribution in [0.1, 0.15) is 41.7 Å². The van der Waals surface area contributed by atoms with Crippen LogP contribution in [0.3, 0.4) is 0 Å². The molecule has 0 radical (unpaired) electrons. The van der Waals surface area contributed by atoms with Crippen LogP contribution in [-0.2, 0) is 6.18 Å². The molecule has 0 spiro atoms. The number of fused-ring (bicyclic) bond motifs is 1. The molecule has 0 saturated heterocycles. The summed E-state index contributed by atoms with van der Waals surface area (Å²) in [6, 6.07) is 6.96. The van der Waals surface area contributed by atoms with E-state index in [-0.39, 0.29) is 28.7 Å². The Kier molecular flexibility index (Phi) is 6.03. The van der Waals surface area contributed by atoms with Gasteiger partial charge < -0.3 is 15.6 Å². The summed E-state index contributed by atoms with van der Waals surface area (Å²) in [7, 11) is 0. The maximum atomic E-state index is 13.3. The van der Waals surface area contributed by atoms with Crippen LogP contribution in [-0.4, -0.2) is 28.0 Å². The first-order valence-electron chi connectivity index (χ1n) is 9.78. The van der Waals surface area contributed by atoms with E-state index in [0.717, 1.165) is 25.3 Å². The molecule has 1 aliphatic carbocycles. The zero-order valence-electron chi connectivity index (χ0n) is 16.2. The standard InChI is InChI=1S/C21H19Cl2F3N4O/c22-11-4-5-16-15(8-11)17(10-18(30-16)21(24,25)26)28-12-2-1-3-13(9-12)29-20(31)14-6-7-27-19(14)23/h4-8,10,12-13,27H,1-3,9H2,(H,28,30)(H,29,31)/t12-,13+/m0/s1. The predicted octanol–water partition coefficient (Wildman–Crippen LogP) is 6.04. The number of halogens is 5. The number of aromatic amines is 1. The van der Waals surface area contributed by atoms with Crippen molar-refractivity contribution >= 4 is 45.7 Å². The van der Waals surface area contributed by atoms with Gasteiger partial charge in [0, 0.05) is 34.4 Å². The van der Waals surface area contributed by atoms with E-state index in [1.165, 1.54) is 12.1 Å². The number of pyridine rings is 1. The maximum absolute atomic E-state index is 13.3. The second-order valence-corrected chi connectivity index (χ2v) is 8.41. The lowest BCUT2D eigenvalue weighted by atomic mass is 9.90. The highest BCUT2D eigenvalue weighted by atomic mass is 35.5. The van der Waals surface area contributed by atoms with E-state index in [2.05, 4.69) is 20.6 Å². The van der Waals surface area contributed by atoms with Gasteiger partial charge in [0.15, 0.2) is 0 Å². The molecular weight excluding hydrogens is 452 g/mol. The lowest BCUT2D eigenvalue weighted by Crippen LogP contribution is -2.41. The van der Waals surface area contributed by atoms with Crippen molar-refractivity contribution in [2.24, 2.45) is 0 Å². The fourth-order valence-electron chi connectivity index (χ4n) is 3.92. The second-order valence-electron chi connectivity index (χ2n) is 7.60. The molecule has 10 heteroatoms. The van der Waals surface area contributed by atoms with Crippen LogP contribution in [0.5, 0.6) is 0 Å². The third-order valence-electron chi connectivity index (χ3n) is 5.37. The smallest absolute Gasteiger partial charge is 0.382 e. The Bertz CT molecular complexity index is 1120. The lowest BCUT2D eigenvalue weighted by molar-refractivity contribution is -0.140. The van der Waals surface area contributed by atoms with E-state index in [9.17, 15) is 18.0 Å². The number of hydrogen-bond donors (Lipinski definition) is 3. The van der Waals surface area contributed by atoms with Gasteiger partial charge in [0.2, 0.25) is 0 Å².